The van der Waals surface area contributed by atoms with Crippen LogP contribution in [0.25, 0.3) is 0 Å². The average molecular weight is 310 g/mol. The maximum absolute atomic E-state index is 6.17. The Labute approximate surface area is 134 Å². The van der Waals surface area contributed by atoms with Gasteiger partial charge in [-0.3, -0.25) is 0 Å². The topological polar surface area (TPSA) is 21.3 Å². The van der Waals surface area contributed by atoms with Crippen molar-refractivity contribution in [2.45, 2.75) is 52.0 Å². The molecule has 0 aromatic heterocycles. The van der Waals surface area contributed by atoms with Crippen molar-refractivity contribution in [2.24, 2.45) is 11.8 Å². The lowest BCUT2D eigenvalue weighted by atomic mass is 9.85. The summed E-state index contributed by atoms with van der Waals surface area (Å²) in [5, 5.41) is 4.42. The number of hydrogen-bond acceptors (Lipinski definition) is 2. The van der Waals surface area contributed by atoms with E-state index in [1.54, 1.807) is 7.11 Å². The minimum atomic E-state index is 0.537. The van der Waals surface area contributed by atoms with Crippen LogP contribution in [0.1, 0.15) is 45.1 Å². The first-order valence-corrected chi connectivity index (χ1v) is 8.53. The molecule has 1 aliphatic carbocycles. The molecule has 0 aliphatic heterocycles. The third-order valence-corrected chi connectivity index (χ3v) is 4.81. The van der Waals surface area contributed by atoms with Gasteiger partial charge in [-0.25, -0.2) is 0 Å². The van der Waals surface area contributed by atoms with Crippen LogP contribution in [0.4, 0.5) is 0 Å². The Morgan fingerprint density at radius 1 is 1.29 bits per heavy atom. The summed E-state index contributed by atoms with van der Waals surface area (Å²) in [7, 11) is 1.74. The molecule has 1 fully saturated rings. The summed E-state index contributed by atoms with van der Waals surface area (Å²) in [4.78, 5) is 0. The Balaban J connectivity index is 2.11. The number of rotatable bonds is 7. The van der Waals surface area contributed by atoms with Gasteiger partial charge in [0, 0.05) is 11.1 Å². The van der Waals surface area contributed by atoms with Gasteiger partial charge in [0.1, 0.15) is 5.75 Å². The fourth-order valence-electron chi connectivity index (χ4n) is 3.41. The Morgan fingerprint density at radius 3 is 2.62 bits per heavy atom. The number of nitrogens with one attached hydrogen (secondary N) is 1. The fraction of sp³-hybridized carbons (Fsp3) is 0.667. The zero-order valence-electron chi connectivity index (χ0n) is 13.5. The van der Waals surface area contributed by atoms with Crippen molar-refractivity contribution in [1.82, 2.24) is 5.32 Å². The van der Waals surface area contributed by atoms with Crippen LogP contribution in [0.5, 0.6) is 5.75 Å². The smallest absolute Gasteiger partial charge is 0.122 e. The van der Waals surface area contributed by atoms with E-state index in [1.807, 2.05) is 12.1 Å². The average Bonchev–Trinajstić information content (AvgIpc) is 2.97. The highest BCUT2D eigenvalue weighted by Gasteiger charge is 2.26. The Bertz CT molecular complexity index is 441. The molecule has 21 heavy (non-hydrogen) atoms. The predicted octanol–water partition coefficient (Wildman–Crippen LogP) is 4.70. The van der Waals surface area contributed by atoms with E-state index >= 15 is 0 Å². The van der Waals surface area contributed by atoms with Crippen LogP contribution in [0.15, 0.2) is 18.2 Å². The van der Waals surface area contributed by atoms with Crippen molar-refractivity contribution in [3.63, 3.8) is 0 Å². The van der Waals surface area contributed by atoms with Gasteiger partial charge in [-0.2, -0.15) is 0 Å². The highest BCUT2D eigenvalue weighted by atomic mass is 35.5. The Morgan fingerprint density at radius 2 is 2.00 bits per heavy atom. The second kappa shape index (κ2) is 8.05. The second-order valence-corrected chi connectivity index (χ2v) is 6.96. The van der Waals surface area contributed by atoms with Gasteiger partial charge in [0.2, 0.25) is 0 Å². The monoisotopic (exact) mass is 309 g/mol. The molecule has 1 atom stereocenters. The van der Waals surface area contributed by atoms with Gasteiger partial charge in [0.25, 0.3) is 0 Å². The summed E-state index contributed by atoms with van der Waals surface area (Å²) in [6.45, 7) is 5.51. The van der Waals surface area contributed by atoms with E-state index in [4.69, 9.17) is 16.3 Å². The van der Waals surface area contributed by atoms with Gasteiger partial charge in [0.15, 0.2) is 0 Å². The second-order valence-electron chi connectivity index (χ2n) is 6.53. The van der Waals surface area contributed by atoms with Crippen molar-refractivity contribution in [2.75, 3.05) is 13.7 Å². The molecule has 2 rings (SSSR count). The molecule has 118 valence electrons. The third-order valence-electron chi connectivity index (χ3n) is 4.58. The summed E-state index contributed by atoms with van der Waals surface area (Å²) in [6, 6.07) is 6.49. The van der Waals surface area contributed by atoms with Crippen molar-refractivity contribution in [3.8, 4) is 5.75 Å². The van der Waals surface area contributed by atoms with E-state index in [-0.39, 0.29) is 0 Å². The molecule has 0 amide bonds. The minimum absolute atomic E-state index is 0.537. The predicted molar refractivity (Wildman–Crippen MR) is 90.3 cm³/mol. The molecule has 1 saturated carbocycles. The first kappa shape index (κ1) is 16.6. The van der Waals surface area contributed by atoms with E-state index in [1.165, 1.54) is 31.2 Å². The maximum Gasteiger partial charge on any atom is 0.122 e. The first-order valence-electron chi connectivity index (χ1n) is 8.16. The van der Waals surface area contributed by atoms with Crippen LogP contribution < -0.4 is 10.1 Å². The summed E-state index contributed by atoms with van der Waals surface area (Å²) in [5.41, 5.74) is 1.24. The number of halogens is 1. The quantitative estimate of drug-likeness (QED) is 0.788. The van der Waals surface area contributed by atoms with E-state index < -0.39 is 0 Å². The van der Waals surface area contributed by atoms with Gasteiger partial charge < -0.3 is 10.1 Å². The van der Waals surface area contributed by atoms with E-state index in [9.17, 15) is 0 Å². The molecule has 1 unspecified atom stereocenters. The molecule has 1 N–H and O–H groups in total. The van der Waals surface area contributed by atoms with Crippen molar-refractivity contribution in [3.05, 3.63) is 28.8 Å². The third kappa shape index (κ3) is 4.89. The minimum Gasteiger partial charge on any atom is -0.496 e. The number of hydrogen-bond donors (Lipinski definition) is 1. The summed E-state index contributed by atoms with van der Waals surface area (Å²) < 4.78 is 5.51. The maximum atomic E-state index is 6.17. The lowest BCUT2D eigenvalue weighted by molar-refractivity contribution is 0.308. The molecule has 0 heterocycles. The van der Waals surface area contributed by atoms with Crippen LogP contribution in [-0.2, 0) is 6.42 Å². The van der Waals surface area contributed by atoms with Gasteiger partial charge in [-0.1, -0.05) is 51.1 Å². The molecular formula is C18H28ClNO. The summed E-state index contributed by atoms with van der Waals surface area (Å²) in [5.74, 6) is 2.47. The van der Waals surface area contributed by atoms with Crippen molar-refractivity contribution < 1.29 is 4.74 Å². The van der Waals surface area contributed by atoms with Crippen LogP contribution in [0, 0.1) is 11.8 Å². The highest BCUT2D eigenvalue weighted by molar-refractivity contribution is 6.30. The van der Waals surface area contributed by atoms with E-state index in [0.717, 1.165) is 29.7 Å². The molecule has 0 saturated heterocycles. The lowest BCUT2D eigenvalue weighted by Gasteiger charge is -2.26. The number of ether oxygens (including phenoxy) is 1. The number of methoxy groups -OCH3 is 1. The largest absolute Gasteiger partial charge is 0.496 e. The van der Waals surface area contributed by atoms with Crippen LogP contribution in [0.2, 0.25) is 5.02 Å². The van der Waals surface area contributed by atoms with Gasteiger partial charge >= 0.3 is 0 Å². The molecule has 1 aliphatic rings. The molecule has 1 aromatic rings. The lowest BCUT2D eigenvalue weighted by Crippen LogP contribution is -2.33. The van der Waals surface area contributed by atoms with Gasteiger partial charge in [0.05, 0.1) is 7.11 Å². The van der Waals surface area contributed by atoms with Gasteiger partial charge in [-0.05, 0) is 48.6 Å². The van der Waals surface area contributed by atoms with Crippen LogP contribution in [0.3, 0.4) is 0 Å². The molecule has 2 nitrogen and oxygen atoms in total. The zero-order chi connectivity index (χ0) is 15.2. The normalized spacial score (nSPS) is 17.4. The van der Waals surface area contributed by atoms with E-state index in [0.29, 0.717) is 12.0 Å². The SMILES string of the molecule is COc1ccc(Cl)cc1CC(CNC(C)C)C1CCCC1. The molecular weight excluding hydrogens is 282 g/mol. The van der Waals surface area contributed by atoms with Crippen LogP contribution >= 0.6 is 11.6 Å². The van der Waals surface area contributed by atoms with Crippen molar-refractivity contribution in [1.29, 1.82) is 0 Å². The highest BCUT2D eigenvalue weighted by Crippen LogP contribution is 2.35. The Kier molecular flexibility index (Phi) is 6.38. The molecule has 0 radical (unpaired) electrons. The van der Waals surface area contributed by atoms with Gasteiger partial charge in [-0.15, -0.1) is 0 Å². The summed E-state index contributed by atoms with van der Waals surface area (Å²) >= 11 is 6.17. The number of benzene rings is 1. The summed E-state index contributed by atoms with van der Waals surface area (Å²) in [6.07, 6.45) is 6.56. The fourth-order valence-corrected chi connectivity index (χ4v) is 3.61. The standard InChI is InChI=1S/C18H28ClNO/c1-13(2)20-12-16(14-6-4-5-7-14)10-15-11-17(19)8-9-18(15)21-3/h8-9,11,13-14,16,20H,4-7,10,12H2,1-3H3. The van der Waals surface area contributed by atoms with Crippen molar-refractivity contribution >= 4 is 11.6 Å². The first-order chi connectivity index (χ1) is 10.1. The van der Waals surface area contributed by atoms with E-state index in [2.05, 4.69) is 25.2 Å². The Hall–Kier alpha value is -0.730. The molecule has 1 aromatic carbocycles. The zero-order valence-corrected chi connectivity index (χ0v) is 14.2. The molecule has 0 spiro atoms. The van der Waals surface area contributed by atoms with Crippen LogP contribution in [-0.4, -0.2) is 19.7 Å². The molecule has 0 bridgehead atoms. The molecule has 3 heteroatoms.